The highest BCUT2D eigenvalue weighted by atomic mass is 16.5. The number of aromatic nitrogens is 4. The molecule has 2 aromatic carbocycles. The Morgan fingerprint density at radius 3 is 2.69 bits per heavy atom. The number of rotatable bonds is 6. The molecule has 1 aliphatic rings. The van der Waals surface area contributed by atoms with Crippen LogP contribution in [0.2, 0.25) is 0 Å². The molecule has 0 spiro atoms. The average Bonchev–Trinajstić information content (AvgIpc) is 3.41. The van der Waals surface area contributed by atoms with Crippen molar-refractivity contribution in [2.45, 2.75) is 53.1 Å². The third-order valence-corrected chi connectivity index (χ3v) is 5.87. The van der Waals surface area contributed by atoms with Crippen molar-refractivity contribution in [3.05, 3.63) is 74.7 Å². The summed E-state index contributed by atoms with van der Waals surface area (Å²) in [6, 6.07) is 12.1. The predicted octanol–water partition coefficient (Wildman–Crippen LogP) is 3.51. The minimum Gasteiger partial charge on any atom is -0.475 e. The van der Waals surface area contributed by atoms with Gasteiger partial charge in [-0.05, 0) is 66.3 Å². The molecule has 32 heavy (non-hydrogen) atoms. The number of tetrazole rings is 1. The fourth-order valence-electron chi connectivity index (χ4n) is 4.04. The zero-order valence-corrected chi connectivity index (χ0v) is 19.0. The summed E-state index contributed by atoms with van der Waals surface area (Å²) in [4.78, 5) is 12.3. The third-order valence-electron chi connectivity index (χ3n) is 5.87. The van der Waals surface area contributed by atoms with Crippen LogP contribution in [-0.4, -0.2) is 31.4 Å². The number of hydrogen-bond donors (Lipinski definition) is 0. The van der Waals surface area contributed by atoms with Crippen molar-refractivity contribution in [2.75, 3.05) is 0 Å². The van der Waals surface area contributed by atoms with E-state index in [9.17, 15) is 4.79 Å². The molecule has 0 fully saturated rings. The molecule has 1 aromatic heterocycles. The molecule has 0 atom stereocenters. The molecule has 1 aliphatic carbocycles. The van der Waals surface area contributed by atoms with Crippen molar-refractivity contribution >= 4 is 11.6 Å². The molecule has 0 radical (unpaired) electrons. The zero-order chi connectivity index (χ0) is 22.7. The number of benzene rings is 2. The second kappa shape index (κ2) is 9.30. The standard InChI is InChI=1S/C24H28N6O2/c1-5-23(26-25-17(3)19-12-7-10-18-11-8-13-20(18)19)32-15-21-16(2)9-6-14-22(21)30-24(31)29(4)27-28-30/h6-7,9-10,12,14H,5,8,11,13,15H2,1-4H3/b25-17?,26-23+. The van der Waals surface area contributed by atoms with E-state index in [2.05, 4.69) is 38.8 Å². The lowest BCUT2D eigenvalue weighted by Crippen LogP contribution is -2.23. The van der Waals surface area contributed by atoms with Gasteiger partial charge in [-0.1, -0.05) is 37.3 Å². The van der Waals surface area contributed by atoms with Crippen molar-refractivity contribution in [1.29, 1.82) is 0 Å². The van der Waals surface area contributed by atoms with Crippen LogP contribution >= 0.6 is 0 Å². The van der Waals surface area contributed by atoms with Crippen molar-refractivity contribution in [3.63, 3.8) is 0 Å². The van der Waals surface area contributed by atoms with Crippen molar-refractivity contribution in [1.82, 2.24) is 19.8 Å². The maximum absolute atomic E-state index is 12.3. The lowest BCUT2D eigenvalue weighted by Gasteiger charge is -2.13. The van der Waals surface area contributed by atoms with E-state index in [1.807, 2.05) is 39.0 Å². The molecular weight excluding hydrogens is 404 g/mol. The van der Waals surface area contributed by atoms with E-state index in [-0.39, 0.29) is 12.3 Å². The van der Waals surface area contributed by atoms with Crippen LogP contribution in [0.15, 0.2) is 51.4 Å². The average molecular weight is 433 g/mol. The van der Waals surface area contributed by atoms with Crippen molar-refractivity contribution < 1.29 is 4.74 Å². The van der Waals surface area contributed by atoms with E-state index in [0.717, 1.165) is 29.7 Å². The molecule has 3 aromatic rings. The first-order chi connectivity index (χ1) is 15.5. The molecule has 8 nitrogen and oxygen atoms in total. The van der Waals surface area contributed by atoms with Gasteiger partial charge in [0.15, 0.2) is 0 Å². The Hall–Kier alpha value is -3.55. The number of fused-ring (bicyclic) bond motifs is 1. The van der Waals surface area contributed by atoms with Crippen LogP contribution < -0.4 is 5.69 Å². The minimum absolute atomic E-state index is 0.257. The fraction of sp³-hybridized carbons (Fsp3) is 0.375. The van der Waals surface area contributed by atoms with Crippen LogP contribution in [0.5, 0.6) is 0 Å². The minimum atomic E-state index is -0.308. The monoisotopic (exact) mass is 432 g/mol. The van der Waals surface area contributed by atoms with Crippen LogP contribution in [0.1, 0.15) is 54.5 Å². The summed E-state index contributed by atoms with van der Waals surface area (Å²) in [5.41, 5.74) is 7.06. The van der Waals surface area contributed by atoms with Crippen LogP contribution in [0.25, 0.3) is 5.69 Å². The maximum atomic E-state index is 12.3. The Morgan fingerprint density at radius 2 is 1.94 bits per heavy atom. The van der Waals surface area contributed by atoms with E-state index in [0.29, 0.717) is 18.0 Å². The van der Waals surface area contributed by atoms with Gasteiger partial charge >= 0.3 is 5.69 Å². The molecule has 4 rings (SSSR count). The smallest absolute Gasteiger partial charge is 0.368 e. The molecule has 0 saturated heterocycles. The topological polar surface area (TPSA) is 86.7 Å². The van der Waals surface area contributed by atoms with Gasteiger partial charge in [0.2, 0.25) is 5.90 Å². The highest BCUT2D eigenvalue weighted by Gasteiger charge is 2.16. The Morgan fingerprint density at radius 1 is 1.12 bits per heavy atom. The van der Waals surface area contributed by atoms with Gasteiger partial charge in [0.05, 0.1) is 11.4 Å². The number of hydrogen-bond acceptors (Lipinski definition) is 6. The quantitative estimate of drug-likeness (QED) is 0.339. The summed E-state index contributed by atoms with van der Waals surface area (Å²) in [6.45, 7) is 6.21. The van der Waals surface area contributed by atoms with Crippen LogP contribution in [-0.2, 0) is 31.2 Å². The molecule has 0 bridgehead atoms. The first kappa shape index (κ1) is 21.7. The van der Waals surface area contributed by atoms with Gasteiger partial charge in [0.1, 0.15) is 6.61 Å². The third kappa shape index (κ3) is 4.26. The highest BCUT2D eigenvalue weighted by Crippen LogP contribution is 2.25. The molecule has 0 amide bonds. The van der Waals surface area contributed by atoms with Crippen molar-refractivity contribution in [3.8, 4) is 5.69 Å². The zero-order valence-electron chi connectivity index (χ0n) is 19.0. The summed E-state index contributed by atoms with van der Waals surface area (Å²) in [6.07, 6.45) is 4.03. The predicted molar refractivity (Wildman–Crippen MR) is 125 cm³/mol. The van der Waals surface area contributed by atoms with Gasteiger partial charge in [-0.15, -0.1) is 5.10 Å². The molecule has 166 valence electrons. The number of aryl methyl sites for hydroxylation is 3. The van der Waals surface area contributed by atoms with Crippen LogP contribution in [0.4, 0.5) is 0 Å². The second-order valence-corrected chi connectivity index (χ2v) is 7.99. The summed E-state index contributed by atoms with van der Waals surface area (Å²) < 4.78 is 8.50. The highest BCUT2D eigenvalue weighted by molar-refractivity contribution is 6.00. The maximum Gasteiger partial charge on any atom is 0.368 e. The molecule has 0 saturated carbocycles. The Balaban J connectivity index is 1.56. The van der Waals surface area contributed by atoms with Crippen LogP contribution in [0, 0.1) is 6.92 Å². The van der Waals surface area contributed by atoms with Gasteiger partial charge in [-0.3, -0.25) is 0 Å². The summed E-state index contributed by atoms with van der Waals surface area (Å²) in [5, 5.41) is 16.6. The summed E-state index contributed by atoms with van der Waals surface area (Å²) in [7, 11) is 1.57. The molecular formula is C24H28N6O2. The van der Waals surface area contributed by atoms with E-state index in [4.69, 9.17) is 4.74 Å². The Bertz CT molecular complexity index is 1250. The van der Waals surface area contributed by atoms with E-state index in [1.165, 1.54) is 32.5 Å². The largest absolute Gasteiger partial charge is 0.475 e. The Labute approximate surface area is 187 Å². The van der Waals surface area contributed by atoms with Gasteiger partial charge in [-0.25, -0.2) is 4.79 Å². The first-order valence-corrected chi connectivity index (χ1v) is 10.9. The van der Waals surface area contributed by atoms with E-state index >= 15 is 0 Å². The molecule has 0 unspecified atom stereocenters. The van der Waals surface area contributed by atoms with E-state index < -0.39 is 0 Å². The molecule has 1 heterocycles. The summed E-state index contributed by atoms with van der Waals surface area (Å²) in [5.74, 6) is 0.539. The fourth-order valence-corrected chi connectivity index (χ4v) is 4.04. The van der Waals surface area contributed by atoms with Gasteiger partial charge in [0.25, 0.3) is 0 Å². The second-order valence-electron chi connectivity index (χ2n) is 7.99. The molecule has 0 N–H and O–H groups in total. The SMILES string of the molecule is CC/C(=N\N=C(C)c1cccc2c1CCC2)OCc1c(C)cccc1-n1nnn(C)c1=O. The molecule has 8 heteroatoms. The van der Waals surface area contributed by atoms with E-state index in [1.54, 1.807) is 7.05 Å². The Kier molecular flexibility index (Phi) is 6.30. The van der Waals surface area contributed by atoms with Gasteiger partial charge in [0, 0.05) is 24.6 Å². The summed E-state index contributed by atoms with van der Waals surface area (Å²) >= 11 is 0. The van der Waals surface area contributed by atoms with Crippen LogP contribution in [0.3, 0.4) is 0 Å². The molecule has 0 aliphatic heterocycles. The normalized spacial score (nSPS) is 14.0. The van der Waals surface area contributed by atoms with Crippen molar-refractivity contribution in [2.24, 2.45) is 17.3 Å². The van der Waals surface area contributed by atoms with Gasteiger partial charge in [-0.2, -0.15) is 14.5 Å². The lowest BCUT2D eigenvalue weighted by molar-refractivity contribution is 0.282. The lowest BCUT2D eigenvalue weighted by atomic mass is 10.0. The number of ether oxygens (including phenoxy) is 1. The first-order valence-electron chi connectivity index (χ1n) is 10.9. The van der Waals surface area contributed by atoms with Gasteiger partial charge < -0.3 is 4.74 Å². The number of nitrogens with zero attached hydrogens (tertiary/aromatic N) is 6.